The van der Waals surface area contributed by atoms with Crippen molar-refractivity contribution in [2.24, 2.45) is 0 Å². The first-order chi connectivity index (χ1) is 6.93. The fraction of sp³-hybridized carbons (Fsp3) is 0.556. The van der Waals surface area contributed by atoms with Gasteiger partial charge < -0.3 is 14.8 Å². The Bertz CT molecular complexity index is 398. The van der Waals surface area contributed by atoms with Gasteiger partial charge in [-0.25, -0.2) is 0 Å². The molecule has 0 aliphatic carbocycles. The molecule has 5 nitrogen and oxygen atoms in total. The fourth-order valence-electron chi connectivity index (χ4n) is 1.93. The quantitative estimate of drug-likeness (QED) is 0.716. The molecule has 1 atom stereocenters. The van der Waals surface area contributed by atoms with E-state index < -0.39 is 0 Å². The molecule has 2 aromatic heterocycles. The van der Waals surface area contributed by atoms with Crippen LogP contribution >= 0.6 is 0 Å². The number of hydrogen-bond donors (Lipinski definition) is 2. The molecule has 3 heterocycles. The second kappa shape index (κ2) is 3.09. The molecule has 1 aliphatic heterocycles. The summed E-state index contributed by atoms with van der Waals surface area (Å²) in [6.07, 6.45) is 5.32. The minimum Gasteiger partial charge on any atom is -0.336 e. The largest absolute Gasteiger partial charge is 0.336 e. The molecule has 0 bridgehead atoms. The monoisotopic (exact) mass is 192 g/mol. The first-order valence-electron chi connectivity index (χ1n) is 4.97. The molecule has 0 radical (unpaired) electrons. The Morgan fingerprint density at radius 1 is 1.43 bits per heavy atom. The van der Waals surface area contributed by atoms with Crippen molar-refractivity contribution >= 4 is 11.2 Å². The maximum absolute atomic E-state index is 4.97. The maximum Gasteiger partial charge on any atom is 0.275 e. The van der Waals surface area contributed by atoms with E-state index in [1.807, 2.05) is 0 Å². The van der Waals surface area contributed by atoms with Crippen LogP contribution in [0.25, 0.3) is 11.2 Å². The third-order valence-corrected chi connectivity index (χ3v) is 2.68. The van der Waals surface area contributed by atoms with Gasteiger partial charge in [-0.1, -0.05) is 11.6 Å². The summed E-state index contributed by atoms with van der Waals surface area (Å²) in [7, 11) is 0. The predicted octanol–water partition coefficient (Wildman–Crippen LogP) is 1.37. The zero-order valence-electron chi connectivity index (χ0n) is 7.79. The van der Waals surface area contributed by atoms with Crippen LogP contribution < -0.4 is 5.32 Å². The van der Waals surface area contributed by atoms with Gasteiger partial charge in [0.05, 0.1) is 12.2 Å². The summed E-state index contributed by atoms with van der Waals surface area (Å²) in [4.78, 5) is 7.56. The van der Waals surface area contributed by atoms with Crippen molar-refractivity contribution in [1.82, 2.24) is 20.4 Å². The van der Waals surface area contributed by atoms with Crippen LogP contribution in [0.2, 0.25) is 0 Å². The Labute approximate surface area is 80.9 Å². The standard InChI is InChI=1S/C9H12N4O/c1-2-4-10-6(3-1)8-12-7-5-11-14-9(7)13-8/h5-6,10H,1-4H2,(H,12,13). The fourth-order valence-corrected chi connectivity index (χ4v) is 1.93. The Morgan fingerprint density at radius 2 is 2.43 bits per heavy atom. The molecule has 0 spiro atoms. The second-order valence-corrected chi connectivity index (χ2v) is 3.67. The van der Waals surface area contributed by atoms with E-state index in [4.69, 9.17) is 4.52 Å². The zero-order chi connectivity index (χ0) is 9.38. The second-order valence-electron chi connectivity index (χ2n) is 3.67. The highest BCUT2D eigenvalue weighted by Crippen LogP contribution is 2.22. The summed E-state index contributed by atoms with van der Waals surface area (Å²) < 4.78 is 4.97. The smallest absolute Gasteiger partial charge is 0.275 e. The number of H-pyrrole nitrogens is 1. The van der Waals surface area contributed by atoms with Gasteiger partial charge in [0.2, 0.25) is 0 Å². The molecule has 0 amide bonds. The molecule has 1 fully saturated rings. The molecule has 1 aliphatic rings. The van der Waals surface area contributed by atoms with Gasteiger partial charge >= 0.3 is 0 Å². The highest BCUT2D eigenvalue weighted by molar-refractivity contribution is 5.67. The number of rotatable bonds is 1. The highest BCUT2D eigenvalue weighted by Gasteiger charge is 2.19. The van der Waals surface area contributed by atoms with Crippen LogP contribution in [0.4, 0.5) is 0 Å². The summed E-state index contributed by atoms with van der Waals surface area (Å²) in [5.74, 6) is 0.973. The van der Waals surface area contributed by atoms with Crippen molar-refractivity contribution < 1.29 is 4.52 Å². The van der Waals surface area contributed by atoms with E-state index in [-0.39, 0.29) is 0 Å². The normalized spacial score (nSPS) is 23.0. The van der Waals surface area contributed by atoms with Crippen LogP contribution in [0.15, 0.2) is 10.7 Å². The van der Waals surface area contributed by atoms with Gasteiger partial charge in [-0.05, 0) is 19.4 Å². The third-order valence-electron chi connectivity index (χ3n) is 2.68. The number of hydrogen-bond acceptors (Lipinski definition) is 4. The van der Waals surface area contributed by atoms with Gasteiger partial charge in [-0.3, -0.25) is 0 Å². The summed E-state index contributed by atoms with van der Waals surface area (Å²) in [5.41, 5.74) is 1.49. The Kier molecular flexibility index (Phi) is 1.77. The first kappa shape index (κ1) is 7.99. The Morgan fingerprint density at radius 3 is 3.21 bits per heavy atom. The van der Waals surface area contributed by atoms with Crippen molar-refractivity contribution in [3.63, 3.8) is 0 Å². The predicted molar refractivity (Wildman–Crippen MR) is 50.7 cm³/mol. The minimum absolute atomic E-state index is 0.353. The van der Waals surface area contributed by atoms with Crippen molar-refractivity contribution in [3.8, 4) is 0 Å². The van der Waals surface area contributed by atoms with E-state index in [1.54, 1.807) is 6.20 Å². The van der Waals surface area contributed by atoms with Gasteiger partial charge in [-0.2, -0.15) is 4.98 Å². The van der Waals surface area contributed by atoms with Crippen LogP contribution in [-0.4, -0.2) is 21.7 Å². The van der Waals surface area contributed by atoms with Gasteiger partial charge in [-0.15, -0.1) is 0 Å². The van der Waals surface area contributed by atoms with E-state index in [1.165, 1.54) is 12.8 Å². The zero-order valence-corrected chi connectivity index (χ0v) is 7.79. The lowest BCUT2D eigenvalue weighted by atomic mass is 10.0. The van der Waals surface area contributed by atoms with E-state index in [9.17, 15) is 0 Å². The van der Waals surface area contributed by atoms with Gasteiger partial charge in [0.15, 0.2) is 0 Å². The summed E-state index contributed by atoms with van der Waals surface area (Å²) in [5, 5.41) is 7.09. The first-order valence-corrected chi connectivity index (χ1v) is 4.97. The summed E-state index contributed by atoms with van der Waals surface area (Å²) in [6, 6.07) is 0.353. The third kappa shape index (κ3) is 1.21. The number of nitrogens with zero attached hydrogens (tertiary/aromatic N) is 2. The summed E-state index contributed by atoms with van der Waals surface area (Å²) in [6.45, 7) is 1.07. The maximum atomic E-state index is 4.97. The lowest BCUT2D eigenvalue weighted by Crippen LogP contribution is -2.27. The molecule has 1 saturated heterocycles. The van der Waals surface area contributed by atoms with E-state index in [0.717, 1.165) is 24.3 Å². The van der Waals surface area contributed by atoms with Gasteiger partial charge in [0.1, 0.15) is 11.3 Å². The van der Waals surface area contributed by atoms with E-state index in [0.29, 0.717) is 11.8 Å². The van der Waals surface area contributed by atoms with Crippen LogP contribution in [0.5, 0.6) is 0 Å². The lowest BCUT2D eigenvalue weighted by molar-refractivity contribution is 0.396. The molecule has 3 rings (SSSR count). The van der Waals surface area contributed by atoms with E-state index >= 15 is 0 Å². The van der Waals surface area contributed by atoms with Crippen LogP contribution in [0.1, 0.15) is 31.1 Å². The summed E-state index contributed by atoms with van der Waals surface area (Å²) >= 11 is 0. The number of fused-ring (bicyclic) bond motifs is 1. The number of aromatic nitrogens is 3. The SMILES string of the molecule is c1noc2nc(C3CCCCN3)[nH]c12. The van der Waals surface area contributed by atoms with Crippen molar-refractivity contribution in [1.29, 1.82) is 0 Å². The van der Waals surface area contributed by atoms with Crippen LogP contribution in [0, 0.1) is 0 Å². The highest BCUT2D eigenvalue weighted by atomic mass is 16.5. The van der Waals surface area contributed by atoms with E-state index in [2.05, 4.69) is 20.4 Å². The Hall–Kier alpha value is -1.36. The minimum atomic E-state index is 0.353. The average molecular weight is 192 g/mol. The number of nitrogens with one attached hydrogen (secondary N) is 2. The molecule has 0 saturated carbocycles. The number of imidazole rings is 1. The van der Waals surface area contributed by atoms with Gasteiger partial charge in [0, 0.05) is 0 Å². The van der Waals surface area contributed by atoms with Crippen molar-refractivity contribution in [2.75, 3.05) is 6.54 Å². The van der Waals surface area contributed by atoms with Crippen LogP contribution in [0.3, 0.4) is 0 Å². The molecule has 74 valence electrons. The molecule has 2 aromatic rings. The number of piperidine rings is 1. The van der Waals surface area contributed by atoms with Crippen molar-refractivity contribution in [3.05, 3.63) is 12.0 Å². The molecule has 0 aromatic carbocycles. The topological polar surface area (TPSA) is 66.7 Å². The molecule has 14 heavy (non-hydrogen) atoms. The molecular weight excluding hydrogens is 180 g/mol. The number of aromatic amines is 1. The molecule has 2 N–H and O–H groups in total. The average Bonchev–Trinajstić information content (AvgIpc) is 2.78. The molecule has 5 heteroatoms. The van der Waals surface area contributed by atoms with Gasteiger partial charge in [0.25, 0.3) is 5.71 Å². The van der Waals surface area contributed by atoms with Crippen LogP contribution in [-0.2, 0) is 0 Å². The Balaban J connectivity index is 1.92. The molecular formula is C9H12N4O. The van der Waals surface area contributed by atoms with Crippen molar-refractivity contribution in [2.45, 2.75) is 25.3 Å². The lowest BCUT2D eigenvalue weighted by Gasteiger charge is -2.21. The molecule has 1 unspecified atom stereocenters.